The van der Waals surface area contributed by atoms with Crippen LogP contribution in [0.15, 0.2) is 18.2 Å². The molecule has 2 aromatic rings. The lowest BCUT2D eigenvalue weighted by molar-refractivity contribution is -0.129. The first kappa shape index (κ1) is 24.8. The maximum atomic E-state index is 13.2. The van der Waals surface area contributed by atoms with Crippen LogP contribution in [0.25, 0.3) is 0 Å². The van der Waals surface area contributed by atoms with Crippen molar-refractivity contribution in [3.63, 3.8) is 0 Å². The minimum absolute atomic E-state index is 0.0321. The minimum Gasteiger partial charge on any atom is -0.494 e. The van der Waals surface area contributed by atoms with E-state index in [1.807, 2.05) is 42.7 Å². The summed E-state index contributed by atoms with van der Waals surface area (Å²) < 4.78 is 5.64. The smallest absolute Gasteiger partial charge is 0.273 e. The summed E-state index contributed by atoms with van der Waals surface area (Å²) in [5.74, 6) is 2.09. The molecule has 2 aliphatic rings. The van der Waals surface area contributed by atoms with Crippen molar-refractivity contribution in [2.45, 2.75) is 60.2 Å². The van der Waals surface area contributed by atoms with Gasteiger partial charge in [-0.25, -0.2) is 4.98 Å². The summed E-state index contributed by atoms with van der Waals surface area (Å²) in [4.78, 5) is 40.3. The number of piperazine rings is 1. The number of aryl methyl sites for hydroxylation is 1. The molecule has 1 fully saturated rings. The number of nitrogens with zero attached hydrogens (tertiary/aromatic N) is 5. The first-order chi connectivity index (χ1) is 16.7. The molecule has 1 aromatic heterocycles. The normalized spacial score (nSPS) is 16.5. The Kier molecular flexibility index (Phi) is 7.14. The molecule has 2 aliphatic heterocycles. The van der Waals surface area contributed by atoms with E-state index >= 15 is 0 Å². The number of carbonyl (C=O) groups excluding carboxylic acids is 2. The second-order valence-corrected chi connectivity index (χ2v) is 9.54. The van der Waals surface area contributed by atoms with Gasteiger partial charge in [-0.15, -0.1) is 0 Å². The molecule has 0 bridgehead atoms. The van der Waals surface area contributed by atoms with Crippen LogP contribution in [0.4, 0.5) is 11.8 Å². The van der Waals surface area contributed by atoms with Gasteiger partial charge in [-0.3, -0.25) is 9.59 Å². The van der Waals surface area contributed by atoms with Crippen molar-refractivity contribution in [3.05, 3.63) is 40.6 Å². The summed E-state index contributed by atoms with van der Waals surface area (Å²) >= 11 is 0. The topological polar surface area (TPSA) is 90.9 Å². The van der Waals surface area contributed by atoms with Gasteiger partial charge >= 0.3 is 0 Å². The number of amides is 2. The molecule has 2 amide bonds. The molecule has 1 N–H and O–H groups in total. The number of anilines is 2. The third-order valence-electron chi connectivity index (χ3n) is 6.79. The van der Waals surface area contributed by atoms with E-state index in [4.69, 9.17) is 14.7 Å². The number of fused-ring (bicyclic) bond motifs is 1. The molecule has 3 heterocycles. The van der Waals surface area contributed by atoms with Crippen LogP contribution in [0.1, 0.15) is 67.8 Å². The fourth-order valence-electron chi connectivity index (χ4n) is 4.75. The fraction of sp³-hybridized carbons (Fsp3) is 0.538. The largest absolute Gasteiger partial charge is 0.494 e. The average molecular weight is 481 g/mol. The number of rotatable bonds is 7. The maximum absolute atomic E-state index is 13.2. The van der Waals surface area contributed by atoms with Crippen LogP contribution in [0.5, 0.6) is 5.75 Å². The third kappa shape index (κ3) is 5.04. The van der Waals surface area contributed by atoms with E-state index in [-0.39, 0.29) is 23.9 Å². The molecular formula is C26H36N6O3. The van der Waals surface area contributed by atoms with Crippen LogP contribution in [0.2, 0.25) is 0 Å². The Bertz CT molecular complexity index is 1110. The SMILES string of the molecule is CCOc1ccc(C(C)Nc2nc(N3CCN(C(C)=O)CC3)nc3c2CN(C(C)C)C3=O)c(C)c1. The highest BCUT2D eigenvalue weighted by Crippen LogP contribution is 2.33. The number of ether oxygens (including phenoxy) is 1. The van der Waals surface area contributed by atoms with Crippen LogP contribution >= 0.6 is 0 Å². The summed E-state index contributed by atoms with van der Waals surface area (Å²) in [6.07, 6.45) is 0. The molecule has 9 heteroatoms. The summed E-state index contributed by atoms with van der Waals surface area (Å²) in [5, 5.41) is 3.58. The van der Waals surface area contributed by atoms with Crippen molar-refractivity contribution in [2.24, 2.45) is 0 Å². The molecule has 1 atom stereocenters. The number of benzene rings is 1. The van der Waals surface area contributed by atoms with Gasteiger partial charge in [0.15, 0.2) is 0 Å². The van der Waals surface area contributed by atoms with Gasteiger partial charge in [0.25, 0.3) is 5.91 Å². The molecule has 0 saturated carbocycles. The molecule has 0 radical (unpaired) electrons. The van der Waals surface area contributed by atoms with Gasteiger partial charge in [-0.2, -0.15) is 4.98 Å². The lowest BCUT2D eigenvalue weighted by Crippen LogP contribution is -2.48. The number of hydrogen-bond donors (Lipinski definition) is 1. The minimum atomic E-state index is -0.0611. The Morgan fingerprint density at radius 3 is 2.46 bits per heavy atom. The lowest BCUT2D eigenvalue weighted by atomic mass is 10.0. The van der Waals surface area contributed by atoms with Crippen LogP contribution < -0.4 is 15.0 Å². The molecule has 0 aliphatic carbocycles. The van der Waals surface area contributed by atoms with Crippen LogP contribution in [-0.4, -0.2) is 70.4 Å². The maximum Gasteiger partial charge on any atom is 0.273 e. The summed E-state index contributed by atoms with van der Waals surface area (Å²) in [6.45, 7) is 15.4. The molecule has 4 rings (SSSR count). The summed E-state index contributed by atoms with van der Waals surface area (Å²) in [6, 6.07) is 6.14. The predicted molar refractivity (Wildman–Crippen MR) is 136 cm³/mol. The Balaban J connectivity index is 1.65. The Morgan fingerprint density at radius 1 is 1.14 bits per heavy atom. The van der Waals surface area contributed by atoms with Crippen LogP contribution in [-0.2, 0) is 11.3 Å². The van der Waals surface area contributed by atoms with Gasteiger partial charge in [0.1, 0.15) is 17.3 Å². The van der Waals surface area contributed by atoms with Crippen molar-refractivity contribution < 1.29 is 14.3 Å². The van der Waals surface area contributed by atoms with Crippen LogP contribution in [0.3, 0.4) is 0 Å². The van der Waals surface area contributed by atoms with Gasteiger partial charge in [-0.1, -0.05) is 6.07 Å². The number of carbonyl (C=O) groups is 2. The zero-order valence-corrected chi connectivity index (χ0v) is 21.6. The zero-order chi connectivity index (χ0) is 25.3. The van der Waals surface area contributed by atoms with Gasteiger partial charge in [-0.05, 0) is 57.9 Å². The Morgan fingerprint density at radius 2 is 1.86 bits per heavy atom. The third-order valence-corrected chi connectivity index (χ3v) is 6.79. The number of aromatic nitrogens is 2. The van der Waals surface area contributed by atoms with E-state index in [1.54, 1.807) is 6.92 Å². The van der Waals surface area contributed by atoms with E-state index in [1.165, 1.54) is 0 Å². The fourth-order valence-corrected chi connectivity index (χ4v) is 4.75. The molecule has 35 heavy (non-hydrogen) atoms. The Hall–Kier alpha value is -3.36. The molecule has 9 nitrogen and oxygen atoms in total. The van der Waals surface area contributed by atoms with E-state index in [0.29, 0.717) is 56.8 Å². The highest BCUT2D eigenvalue weighted by atomic mass is 16.5. The Labute approximate surface area is 207 Å². The van der Waals surface area contributed by atoms with Crippen LogP contribution in [0, 0.1) is 6.92 Å². The first-order valence-corrected chi connectivity index (χ1v) is 12.4. The van der Waals surface area contributed by atoms with Crippen molar-refractivity contribution in [1.29, 1.82) is 0 Å². The van der Waals surface area contributed by atoms with Crippen molar-refractivity contribution in [1.82, 2.24) is 19.8 Å². The summed E-state index contributed by atoms with van der Waals surface area (Å²) in [7, 11) is 0. The molecule has 1 saturated heterocycles. The van der Waals surface area contributed by atoms with Crippen molar-refractivity contribution >= 4 is 23.6 Å². The molecule has 1 aromatic carbocycles. The van der Waals surface area contributed by atoms with E-state index < -0.39 is 0 Å². The van der Waals surface area contributed by atoms with E-state index in [2.05, 4.69) is 30.1 Å². The quantitative estimate of drug-likeness (QED) is 0.650. The number of hydrogen-bond acceptors (Lipinski definition) is 7. The van der Waals surface area contributed by atoms with Gasteiger partial charge in [0.05, 0.1) is 19.2 Å². The molecule has 188 valence electrons. The van der Waals surface area contributed by atoms with Gasteiger partial charge in [0, 0.05) is 44.7 Å². The van der Waals surface area contributed by atoms with E-state index in [9.17, 15) is 9.59 Å². The van der Waals surface area contributed by atoms with Gasteiger partial charge in [0.2, 0.25) is 11.9 Å². The lowest BCUT2D eigenvalue weighted by Gasteiger charge is -2.34. The molecular weight excluding hydrogens is 444 g/mol. The number of nitrogens with one attached hydrogen (secondary N) is 1. The predicted octanol–water partition coefficient (Wildman–Crippen LogP) is 3.39. The monoisotopic (exact) mass is 480 g/mol. The highest BCUT2D eigenvalue weighted by Gasteiger charge is 2.35. The van der Waals surface area contributed by atoms with Gasteiger partial charge < -0.3 is 24.8 Å². The second-order valence-electron chi connectivity index (χ2n) is 9.54. The standard InChI is InChI=1S/C26H36N6O3/c1-7-35-20-8-9-21(17(4)14-20)18(5)27-24-22-15-32(16(2)3)25(34)23(22)28-26(29-24)31-12-10-30(11-13-31)19(6)33/h8-9,14,16,18H,7,10-13,15H2,1-6H3,(H,27,28,29). The van der Waals surface area contributed by atoms with Crippen molar-refractivity contribution in [3.8, 4) is 5.75 Å². The first-order valence-electron chi connectivity index (χ1n) is 12.4. The molecule has 1 unspecified atom stereocenters. The van der Waals surface area contributed by atoms with E-state index in [0.717, 1.165) is 22.4 Å². The summed E-state index contributed by atoms with van der Waals surface area (Å²) in [5.41, 5.74) is 3.57. The zero-order valence-electron chi connectivity index (χ0n) is 21.6. The second kappa shape index (κ2) is 10.1. The average Bonchev–Trinajstić information content (AvgIpc) is 3.16. The van der Waals surface area contributed by atoms with Crippen molar-refractivity contribution in [2.75, 3.05) is 43.0 Å². The highest BCUT2D eigenvalue weighted by molar-refractivity contribution is 5.98. The molecule has 0 spiro atoms.